The fraction of sp³-hybridized carbons (Fsp3) is 0.643. The molecule has 7 nitrogen and oxygen atoms in total. The number of anilines is 1. The lowest BCUT2D eigenvalue weighted by Gasteiger charge is -2.24. The van der Waals surface area contributed by atoms with Gasteiger partial charge in [0.1, 0.15) is 6.54 Å². The number of rotatable bonds is 7. The average Bonchev–Trinajstić information content (AvgIpc) is 3.17. The second-order valence-corrected chi connectivity index (χ2v) is 5.59. The topological polar surface area (TPSA) is 102 Å². The fourth-order valence-corrected chi connectivity index (χ4v) is 1.99. The molecule has 1 fully saturated rings. The second kappa shape index (κ2) is 6.26. The molecule has 0 spiro atoms. The summed E-state index contributed by atoms with van der Waals surface area (Å²) < 4.78 is 1.50. The third-order valence-corrected chi connectivity index (χ3v) is 3.85. The number of aromatic nitrogens is 2. The summed E-state index contributed by atoms with van der Waals surface area (Å²) in [6.45, 7) is 3.92. The molecule has 0 aromatic carbocycles. The summed E-state index contributed by atoms with van der Waals surface area (Å²) in [5, 5.41) is 9.71. The number of carbonyl (C=O) groups is 2. The molecule has 21 heavy (non-hydrogen) atoms. The largest absolute Gasteiger partial charge is 0.352 e. The molecule has 0 unspecified atom stereocenters. The van der Waals surface area contributed by atoms with E-state index < -0.39 is 5.54 Å². The highest BCUT2D eigenvalue weighted by atomic mass is 16.2. The van der Waals surface area contributed by atoms with Gasteiger partial charge in [0.05, 0.1) is 17.4 Å². The third kappa shape index (κ3) is 4.04. The third-order valence-electron chi connectivity index (χ3n) is 3.85. The van der Waals surface area contributed by atoms with Crippen LogP contribution in [0.1, 0.15) is 39.5 Å². The van der Waals surface area contributed by atoms with Crippen molar-refractivity contribution in [2.24, 2.45) is 5.73 Å². The summed E-state index contributed by atoms with van der Waals surface area (Å²) >= 11 is 0. The number of carbonyl (C=O) groups excluding carboxylic acids is 2. The van der Waals surface area contributed by atoms with E-state index >= 15 is 0 Å². The summed E-state index contributed by atoms with van der Waals surface area (Å²) in [5.41, 5.74) is 5.72. The molecule has 1 aliphatic rings. The van der Waals surface area contributed by atoms with Gasteiger partial charge >= 0.3 is 0 Å². The van der Waals surface area contributed by atoms with Gasteiger partial charge in [0, 0.05) is 12.2 Å². The van der Waals surface area contributed by atoms with Crippen molar-refractivity contribution in [1.29, 1.82) is 0 Å². The minimum absolute atomic E-state index is 0.0613. The van der Waals surface area contributed by atoms with Gasteiger partial charge in [-0.05, 0) is 25.7 Å². The molecule has 0 atom stereocenters. The number of nitrogens with zero attached hydrogens (tertiary/aromatic N) is 2. The molecule has 2 amide bonds. The predicted molar refractivity (Wildman–Crippen MR) is 79.5 cm³/mol. The Morgan fingerprint density at radius 3 is 2.67 bits per heavy atom. The Labute approximate surface area is 124 Å². The van der Waals surface area contributed by atoms with Gasteiger partial charge in [0.25, 0.3) is 0 Å². The first-order valence-electron chi connectivity index (χ1n) is 7.39. The first-order chi connectivity index (χ1) is 9.96. The van der Waals surface area contributed by atoms with Gasteiger partial charge in [-0.2, -0.15) is 5.10 Å². The average molecular weight is 293 g/mol. The van der Waals surface area contributed by atoms with Crippen LogP contribution in [0.4, 0.5) is 5.69 Å². The highest BCUT2D eigenvalue weighted by Crippen LogP contribution is 2.18. The summed E-state index contributed by atoms with van der Waals surface area (Å²) in [6, 6.07) is 0.333. The number of nitrogens with two attached hydrogens (primary N) is 1. The van der Waals surface area contributed by atoms with Crippen LogP contribution in [0.5, 0.6) is 0 Å². The molecule has 0 bridgehead atoms. The monoisotopic (exact) mass is 293 g/mol. The Kier molecular flexibility index (Phi) is 4.62. The van der Waals surface area contributed by atoms with Crippen LogP contribution in [-0.4, -0.2) is 33.2 Å². The van der Waals surface area contributed by atoms with Crippen LogP contribution in [0, 0.1) is 0 Å². The van der Waals surface area contributed by atoms with Gasteiger partial charge < -0.3 is 16.4 Å². The maximum atomic E-state index is 12.1. The minimum atomic E-state index is -0.870. The van der Waals surface area contributed by atoms with Gasteiger partial charge in [-0.1, -0.05) is 13.8 Å². The van der Waals surface area contributed by atoms with E-state index in [1.807, 2.05) is 13.8 Å². The van der Waals surface area contributed by atoms with Crippen molar-refractivity contribution < 1.29 is 9.59 Å². The van der Waals surface area contributed by atoms with Gasteiger partial charge in [-0.3, -0.25) is 14.3 Å². The zero-order valence-corrected chi connectivity index (χ0v) is 12.6. The zero-order chi connectivity index (χ0) is 15.5. The van der Waals surface area contributed by atoms with Gasteiger partial charge in [-0.25, -0.2) is 0 Å². The highest BCUT2D eigenvalue weighted by Gasteiger charge is 2.30. The van der Waals surface area contributed by atoms with Crippen LogP contribution in [-0.2, 0) is 16.1 Å². The van der Waals surface area contributed by atoms with E-state index in [2.05, 4.69) is 15.7 Å². The quantitative estimate of drug-likeness (QED) is 0.685. The predicted octanol–water partition coefficient (Wildman–Crippen LogP) is 0.618. The summed E-state index contributed by atoms with van der Waals surface area (Å²) in [4.78, 5) is 23.8. The van der Waals surface area contributed by atoms with E-state index in [0.717, 1.165) is 12.8 Å². The van der Waals surface area contributed by atoms with E-state index in [9.17, 15) is 9.59 Å². The molecule has 0 aliphatic heterocycles. The molecule has 4 N–H and O–H groups in total. The molecule has 7 heteroatoms. The molecule has 0 saturated heterocycles. The summed E-state index contributed by atoms with van der Waals surface area (Å²) in [5.74, 6) is -0.289. The van der Waals surface area contributed by atoms with Crippen LogP contribution < -0.4 is 16.4 Å². The molecule has 2 rings (SSSR count). The molecular formula is C14H23N5O2. The van der Waals surface area contributed by atoms with Crippen molar-refractivity contribution >= 4 is 17.5 Å². The Bertz CT molecular complexity index is 517. The normalized spacial score (nSPS) is 14.8. The van der Waals surface area contributed by atoms with Gasteiger partial charge in [-0.15, -0.1) is 0 Å². The fourth-order valence-electron chi connectivity index (χ4n) is 1.99. The summed E-state index contributed by atoms with van der Waals surface area (Å²) in [7, 11) is 0. The number of hydrogen-bond donors (Lipinski definition) is 3. The SMILES string of the molecule is CCC(N)(CC)C(=O)Nc1cnn(CC(=O)NC2CC2)c1. The lowest BCUT2D eigenvalue weighted by atomic mass is 9.93. The lowest BCUT2D eigenvalue weighted by molar-refractivity contribution is -0.122. The second-order valence-electron chi connectivity index (χ2n) is 5.59. The molecular weight excluding hydrogens is 270 g/mol. The van der Waals surface area contributed by atoms with Crippen molar-refractivity contribution in [3.63, 3.8) is 0 Å². The first kappa shape index (κ1) is 15.5. The van der Waals surface area contributed by atoms with Crippen molar-refractivity contribution in [2.45, 2.75) is 57.7 Å². The molecule has 1 aliphatic carbocycles. The summed E-state index contributed by atoms with van der Waals surface area (Å²) in [6.07, 6.45) is 6.39. The van der Waals surface area contributed by atoms with Crippen molar-refractivity contribution in [2.75, 3.05) is 5.32 Å². The van der Waals surface area contributed by atoms with E-state index in [0.29, 0.717) is 24.6 Å². The Morgan fingerprint density at radius 2 is 2.10 bits per heavy atom. The standard InChI is InChI=1S/C14H23N5O2/c1-3-14(15,4-2)13(21)18-11-7-16-19(8-11)9-12(20)17-10-5-6-10/h7-8,10H,3-6,9,15H2,1-2H3,(H,17,20)(H,18,21). The van der Waals surface area contributed by atoms with Crippen LogP contribution in [0.15, 0.2) is 12.4 Å². The Morgan fingerprint density at radius 1 is 1.43 bits per heavy atom. The van der Waals surface area contributed by atoms with Crippen molar-refractivity contribution in [3.05, 3.63) is 12.4 Å². The molecule has 1 saturated carbocycles. The van der Waals surface area contributed by atoms with Crippen LogP contribution in [0.2, 0.25) is 0 Å². The zero-order valence-electron chi connectivity index (χ0n) is 12.6. The van der Waals surface area contributed by atoms with E-state index in [1.54, 1.807) is 6.20 Å². The highest BCUT2D eigenvalue weighted by molar-refractivity contribution is 5.97. The van der Waals surface area contributed by atoms with E-state index in [-0.39, 0.29) is 18.4 Å². The van der Waals surface area contributed by atoms with Gasteiger partial charge in [0.15, 0.2) is 0 Å². The smallest absolute Gasteiger partial charge is 0.244 e. The van der Waals surface area contributed by atoms with Crippen LogP contribution in [0.25, 0.3) is 0 Å². The van der Waals surface area contributed by atoms with Crippen molar-refractivity contribution in [3.8, 4) is 0 Å². The number of hydrogen-bond acceptors (Lipinski definition) is 4. The number of amides is 2. The minimum Gasteiger partial charge on any atom is -0.352 e. The molecule has 1 aromatic heterocycles. The maximum Gasteiger partial charge on any atom is 0.244 e. The first-order valence-corrected chi connectivity index (χ1v) is 7.39. The lowest BCUT2D eigenvalue weighted by Crippen LogP contribution is -2.50. The van der Waals surface area contributed by atoms with E-state index in [1.165, 1.54) is 10.9 Å². The number of nitrogens with one attached hydrogen (secondary N) is 2. The van der Waals surface area contributed by atoms with Crippen LogP contribution >= 0.6 is 0 Å². The van der Waals surface area contributed by atoms with Crippen LogP contribution in [0.3, 0.4) is 0 Å². The van der Waals surface area contributed by atoms with E-state index in [4.69, 9.17) is 5.73 Å². The van der Waals surface area contributed by atoms with Gasteiger partial charge in [0.2, 0.25) is 11.8 Å². The maximum absolute atomic E-state index is 12.1. The Hall–Kier alpha value is -1.89. The molecule has 116 valence electrons. The molecule has 1 aromatic rings. The van der Waals surface area contributed by atoms with Crippen molar-refractivity contribution in [1.82, 2.24) is 15.1 Å². The molecule has 0 radical (unpaired) electrons. The molecule has 1 heterocycles. The Balaban J connectivity index is 1.90.